The summed E-state index contributed by atoms with van der Waals surface area (Å²) in [6.07, 6.45) is 2.64. The molecule has 3 nitrogen and oxygen atoms in total. The van der Waals surface area contributed by atoms with E-state index in [1.54, 1.807) is 24.5 Å². The van der Waals surface area contributed by atoms with E-state index in [0.717, 1.165) is 12.2 Å². The van der Waals surface area contributed by atoms with Crippen molar-refractivity contribution in [2.75, 3.05) is 19.5 Å². The summed E-state index contributed by atoms with van der Waals surface area (Å²) >= 11 is 1.20. The first-order chi connectivity index (χ1) is 7.31. The van der Waals surface area contributed by atoms with Crippen LogP contribution in [0.25, 0.3) is 0 Å². The summed E-state index contributed by atoms with van der Waals surface area (Å²) in [4.78, 5) is 11.5. The molecular weight excluding hydrogens is 212 g/mol. The molecule has 15 heavy (non-hydrogen) atoms. The van der Waals surface area contributed by atoms with Crippen molar-refractivity contribution in [2.24, 2.45) is 0 Å². The van der Waals surface area contributed by atoms with Crippen LogP contribution in [0, 0.1) is 0 Å². The van der Waals surface area contributed by atoms with E-state index in [-0.39, 0.29) is 5.12 Å². The van der Waals surface area contributed by atoms with Crippen LogP contribution < -0.4 is 9.47 Å². The van der Waals surface area contributed by atoms with E-state index in [1.807, 2.05) is 0 Å². The number of hydrogen-bond acceptors (Lipinski definition) is 4. The van der Waals surface area contributed by atoms with Crippen LogP contribution in [-0.4, -0.2) is 24.6 Å². The van der Waals surface area contributed by atoms with Gasteiger partial charge in [0.15, 0.2) is 11.5 Å². The average Bonchev–Trinajstić information content (AvgIpc) is 2.51. The second-order valence-electron chi connectivity index (χ2n) is 3.20. The fourth-order valence-corrected chi connectivity index (χ4v) is 1.77. The minimum atomic E-state index is 0.0469. The standard InChI is InChI=1S/C11H12O3S/c1-15-11(12)8-3-4-9-10(7-8)14-6-2-5-13-9/h3-4,7H,2,5-6H2,1H3. The number of carbonyl (C=O) groups is 1. The van der Waals surface area contributed by atoms with Gasteiger partial charge in [0, 0.05) is 12.0 Å². The Balaban J connectivity index is 2.31. The zero-order valence-electron chi connectivity index (χ0n) is 8.49. The quantitative estimate of drug-likeness (QED) is 0.733. The van der Waals surface area contributed by atoms with Crippen molar-refractivity contribution in [2.45, 2.75) is 6.42 Å². The molecule has 0 aromatic heterocycles. The normalized spacial score (nSPS) is 14.5. The van der Waals surface area contributed by atoms with Gasteiger partial charge in [-0.15, -0.1) is 0 Å². The molecule has 1 aromatic rings. The van der Waals surface area contributed by atoms with Gasteiger partial charge in [0.25, 0.3) is 0 Å². The van der Waals surface area contributed by atoms with E-state index in [0.29, 0.717) is 24.5 Å². The van der Waals surface area contributed by atoms with Gasteiger partial charge in [0.1, 0.15) is 0 Å². The number of fused-ring (bicyclic) bond motifs is 1. The zero-order valence-corrected chi connectivity index (χ0v) is 9.30. The molecule has 0 unspecified atom stereocenters. The van der Waals surface area contributed by atoms with E-state index in [9.17, 15) is 4.79 Å². The summed E-state index contributed by atoms with van der Waals surface area (Å²) in [6.45, 7) is 1.31. The predicted molar refractivity (Wildman–Crippen MR) is 59.9 cm³/mol. The summed E-state index contributed by atoms with van der Waals surface area (Å²) in [5.41, 5.74) is 0.659. The van der Waals surface area contributed by atoms with Gasteiger partial charge in [0.2, 0.25) is 5.12 Å². The zero-order chi connectivity index (χ0) is 10.7. The summed E-state index contributed by atoms with van der Waals surface area (Å²) in [7, 11) is 0. The first kappa shape index (κ1) is 10.4. The van der Waals surface area contributed by atoms with Crippen molar-refractivity contribution in [3.05, 3.63) is 23.8 Å². The Morgan fingerprint density at radius 3 is 2.73 bits per heavy atom. The van der Waals surface area contributed by atoms with Crippen molar-refractivity contribution in [3.63, 3.8) is 0 Å². The molecule has 0 N–H and O–H groups in total. The molecule has 1 heterocycles. The molecule has 2 rings (SSSR count). The van der Waals surface area contributed by atoms with Crippen molar-refractivity contribution in [3.8, 4) is 11.5 Å². The topological polar surface area (TPSA) is 35.5 Å². The van der Waals surface area contributed by atoms with E-state index < -0.39 is 0 Å². The molecule has 80 valence electrons. The fourth-order valence-electron chi connectivity index (χ4n) is 1.41. The Kier molecular flexibility index (Phi) is 3.16. The van der Waals surface area contributed by atoms with Gasteiger partial charge < -0.3 is 9.47 Å². The van der Waals surface area contributed by atoms with Crippen LogP contribution in [0.15, 0.2) is 18.2 Å². The fraction of sp³-hybridized carbons (Fsp3) is 0.364. The minimum absolute atomic E-state index is 0.0469. The summed E-state index contributed by atoms with van der Waals surface area (Å²) in [5.74, 6) is 1.40. The van der Waals surface area contributed by atoms with Gasteiger partial charge in [-0.3, -0.25) is 4.79 Å². The number of thioether (sulfide) groups is 1. The number of rotatable bonds is 1. The van der Waals surface area contributed by atoms with E-state index in [1.165, 1.54) is 11.8 Å². The lowest BCUT2D eigenvalue weighted by atomic mass is 10.2. The predicted octanol–water partition coefficient (Wildman–Crippen LogP) is 2.35. The Hall–Kier alpha value is -1.16. The number of hydrogen-bond donors (Lipinski definition) is 0. The maximum atomic E-state index is 11.5. The molecule has 0 saturated carbocycles. The second-order valence-corrected chi connectivity index (χ2v) is 3.98. The van der Waals surface area contributed by atoms with Crippen LogP contribution >= 0.6 is 11.8 Å². The molecule has 0 amide bonds. The van der Waals surface area contributed by atoms with Gasteiger partial charge in [-0.25, -0.2) is 0 Å². The molecule has 0 spiro atoms. The highest BCUT2D eigenvalue weighted by atomic mass is 32.2. The second kappa shape index (κ2) is 4.57. The van der Waals surface area contributed by atoms with Crippen LogP contribution in [0.5, 0.6) is 11.5 Å². The SMILES string of the molecule is CSC(=O)c1ccc2c(c1)OCCCO2. The molecule has 0 radical (unpaired) electrons. The molecule has 1 aliphatic rings. The molecule has 4 heteroatoms. The van der Waals surface area contributed by atoms with Crippen LogP contribution in [0.3, 0.4) is 0 Å². The van der Waals surface area contributed by atoms with Gasteiger partial charge in [0.05, 0.1) is 13.2 Å². The van der Waals surface area contributed by atoms with E-state index in [2.05, 4.69) is 0 Å². The molecule has 1 aliphatic heterocycles. The molecule has 0 fully saturated rings. The molecule has 1 aromatic carbocycles. The Bertz CT molecular complexity index is 376. The molecule has 0 atom stereocenters. The molecule has 0 aliphatic carbocycles. The van der Waals surface area contributed by atoms with Gasteiger partial charge in [-0.05, 0) is 24.5 Å². The number of carbonyl (C=O) groups excluding carboxylic acids is 1. The number of benzene rings is 1. The van der Waals surface area contributed by atoms with Crippen LogP contribution in [0.1, 0.15) is 16.8 Å². The third-order valence-electron chi connectivity index (χ3n) is 2.17. The van der Waals surface area contributed by atoms with Crippen molar-refractivity contribution < 1.29 is 14.3 Å². The monoisotopic (exact) mass is 224 g/mol. The maximum absolute atomic E-state index is 11.5. The van der Waals surface area contributed by atoms with E-state index in [4.69, 9.17) is 9.47 Å². The Morgan fingerprint density at radius 1 is 1.27 bits per heavy atom. The van der Waals surface area contributed by atoms with Crippen LogP contribution in [0.2, 0.25) is 0 Å². The first-order valence-corrected chi connectivity index (χ1v) is 6.01. The maximum Gasteiger partial charge on any atom is 0.219 e. The summed E-state index contributed by atoms with van der Waals surface area (Å²) in [5, 5.41) is 0.0469. The highest BCUT2D eigenvalue weighted by Crippen LogP contribution is 2.31. The average molecular weight is 224 g/mol. The minimum Gasteiger partial charge on any atom is -0.490 e. The first-order valence-electron chi connectivity index (χ1n) is 4.79. The van der Waals surface area contributed by atoms with Crippen LogP contribution in [0.4, 0.5) is 0 Å². The lowest BCUT2D eigenvalue weighted by Crippen LogP contribution is -1.97. The van der Waals surface area contributed by atoms with Crippen molar-refractivity contribution in [1.29, 1.82) is 0 Å². The highest BCUT2D eigenvalue weighted by molar-refractivity contribution is 8.13. The number of ether oxygens (including phenoxy) is 2. The third-order valence-corrected chi connectivity index (χ3v) is 2.78. The largest absolute Gasteiger partial charge is 0.490 e. The van der Waals surface area contributed by atoms with Gasteiger partial charge in [-0.1, -0.05) is 11.8 Å². The Morgan fingerprint density at radius 2 is 2.00 bits per heavy atom. The van der Waals surface area contributed by atoms with Crippen LogP contribution in [-0.2, 0) is 0 Å². The van der Waals surface area contributed by atoms with Crippen molar-refractivity contribution in [1.82, 2.24) is 0 Å². The molecule has 0 saturated heterocycles. The highest BCUT2D eigenvalue weighted by Gasteiger charge is 2.13. The molecule has 0 bridgehead atoms. The molecular formula is C11H12O3S. The van der Waals surface area contributed by atoms with Crippen molar-refractivity contribution >= 4 is 16.9 Å². The lowest BCUT2D eigenvalue weighted by Gasteiger charge is -2.07. The summed E-state index contributed by atoms with van der Waals surface area (Å²) in [6, 6.07) is 5.32. The smallest absolute Gasteiger partial charge is 0.219 e. The lowest BCUT2D eigenvalue weighted by molar-refractivity contribution is 0.108. The van der Waals surface area contributed by atoms with E-state index >= 15 is 0 Å². The Labute approximate surface area is 92.8 Å². The van der Waals surface area contributed by atoms with Gasteiger partial charge in [-0.2, -0.15) is 0 Å². The van der Waals surface area contributed by atoms with Gasteiger partial charge >= 0.3 is 0 Å². The third kappa shape index (κ3) is 2.26. The summed E-state index contributed by atoms with van der Waals surface area (Å²) < 4.78 is 11.0.